The summed E-state index contributed by atoms with van der Waals surface area (Å²) in [5.41, 5.74) is 5.22. The van der Waals surface area contributed by atoms with Gasteiger partial charge in [0.15, 0.2) is 9.84 Å². The molecule has 0 unspecified atom stereocenters. The van der Waals surface area contributed by atoms with Gasteiger partial charge in [-0.2, -0.15) is 0 Å². The lowest BCUT2D eigenvalue weighted by Gasteiger charge is -2.11. The van der Waals surface area contributed by atoms with Crippen LogP contribution in [0.5, 0.6) is 11.5 Å². The third-order valence-corrected chi connectivity index (χ3v) is 3.27. The van der Waals surface area contributed by atoms with Crippen LogP contribution in [0, 0.1) is 0 Å². The van der Waals surface area contributed by atoms with Gasteiger partial charge in [-0.3, -0.25) is 4.79 Å². The standard InChI is InChI=1S/C10H13NO5S/c1-15-7-5-9(17(3,13)14)8(16-2)4-6(7)10(11)12/h4-5H,1-3H3,(H2,11,12). The summed E-state index contributed by atoms with van der Waals surface area (Å²) in [4.78, 5) is 11.1. The molecule has 1 aromatic rings. The number of carbonyl (C=O) groups excluding carboxylic acids is 1. The normalized spacial score (nSPS) is 11.0. The molecule has 0 saturated carbocycles. The second-order valence-electron chi connectivity index (χ2n) is 3.34. The highest BCUT2D eigenvalue weighted by molar-refractivity contribution is 7.90. The first-order valence-corrected chi connectivity index (χ1v) is 6.46. The van der Waals surface area contributed by atoms with Crippen LogP contribution in [-0.4, -0.2) is 34.8 Å². The Hall–Kier alpha value is -1.76. The summed E-state index contributed by atoms with van der Waals surface area (Å²) in [6.45, 7) is 0. The van der Waals surface area contributed by atoms with Crippen LogP contribution in [0.4, 0.5) is 0 Å². The fraction of sp³-hybridized carbons (Fsp3) is 0.300. The first kappa shape index (κ1) is 13.3. The van der Waals surface area contributed by atoms with Crippen LogP contribution in [0.15, 0.2) is 17.0 Å². The molecule has 0 aromatic heterocycles. The van der Waals surface area contributed by atoms with Crippen molar-refractivity contribution in [3.05, 3.63) is 17.7 Å². The quantitative estimate of drug-likeness (QED) is 0.833. The van der Waals surface area contributed by atoms with Gasteiger partial charge in [0, 0.05) is 12.3 Å². The van der Waals surface area contributed by atoms with E-state index < -0.39 is 15.7 Å². The molecule has 0 aliphatic rings. The molecule has 1 rings (SSSR count). The maximum absolute atomic E-state index is 11.5. The van der Waals surface area contributed by atoms with Crippen molar-refractivity contribution in [3.63, 3.8) is 0 Å². The van der Waals surface area contributed by atoms with Crippen LogP contribution in [0.3, 0.4) is 0 Å². The zero-order valence-electron chi connectivity index (χ0n) is 9.68. The molecule has 6 nitrogen and oxygen atoms in total. The third kappa shape index (κ3) is 2.68. The highest BCUT2D eigenvalue weighted by atomic mass is 32.2. The molecule has 0 aliphatic heterocycles. The van der Waals surface area contributed by atoms with Crippen LogP contribution in [0.25, 0.3) is 0 Å². The summed E-state index contributed by atoms with van der Waals surface area (Å²) in [7, 11) is -0.851. The average Bonchev–Trinajstić information content (AvgIpc) is 2.25. The second-order valence-corrected chi connectivity index (χ2v) is 5.32. The fourth-order valence-corrected chi connectivity index (χ4v) is 2.18. The van der Waals surface area contributed by atoms with Gasteiger partial charge < -0.3 is 15.2 Å². The molecule has 0 radical (unpaired) electrons. The number of ether oxygens (including phenoxy) is 2. The van der Waals surface area contributed by atoms with E-state index in [1.54, 1.807) is 0 Å². The number of primary amides is 1. The van der Waals surface area contributed by atoms with Crippen LogP contribution < -0.4 is 15.2 Å². The fourth-order valence-electron chi connectivity index (χ4n) is 1.35. The summed E-state index contributed by atoms with van der Waals surface area (Å²) < 4.78 is 32.9. The Morgan fingerprint density at radius 1 is 1.18 bits per heavy atom. The van der Waals surface area contributed by atoms with Crippen molar-refractivity contribution in [1.29, 1.82) is 0 Å². The Morgan fingerprint density at radius 2 is 1.71 bits per heavy atom. The maximum Gasteiger partial charge on any atom is 0.252 e. The van der Waals surface area contributed by atoms with Crippen molar-refractivity contribution < 1.29 is 22.7 Å². The first-order chi connectivity index (χ1) is 7.81. The van der Waals surface area contributed by atoms with Crippen LogP contribution >= 0.6 is 0 Å². The van der Waals surface area contributed by atoms with E-state index in [0.29, 0.717) is 0 Å². The predicted octanol–water partition coefficient (Wildman–Crippen LogP) is 0.206. The number of hydrogen-bond acceptors (Lipinski definition) is 5. The molecule has 17 heavy (non-hydrogen) atoms. The van der Waals surface area contributed by atoms with Gasteiger partial charge in [0.05, 0.1) is 19.8 Å². The van der Waals surface area contributed by atoms with E-state index in [9.17, 15) is 13.2 Å². The van der Waals surface area contributed by atoms with Gasteiger partial charge in [0.25, 0.3) is 5.91 Å². The molecule has 0 heterocycles. The zero-order chi connectivity index (χ0) is 13.2. The largest absolute Gasteiger partial charge is 0.496 e. The van der Waals surface area contributed by atoms with E-state index >= 15 is 0 Å². The molecule has 2 N–H and O–H groups in total. The van der Waals surface area contributed by atoms with Gasteiger partial charge in [-0.05, 0) is 6.07 Å². The Kier molecular flexibility index (Phi) is 3.62. The molecule has 7 heteroatoms. The molecule has 1 amide bonds. The lowest BCUT2D eigenvalue weighted by molar-refractivity contribution is 0.0997. The summed E-state index contributed by atoms with van der Waals surface area (Å²) in [6.07, 6.45) is 1.04. The van der Waals surface area contributed by atoms with Gasteiger partial charge in [0.1, 0.15) is 16.4 Å². The monoisotopic (exact) mass is 259 g/mol. The van der Waals surface area contributed by atoms with Crippen molar-refractivity contribution in [2.75, 3.05) is 20.5 Å². The molecule has 0 bridgehead atoms. The number of carbonyl (C=O) groups is 1. The van der Waals surface area contributed by atoms with Crippen LogP contribution in [0.1, 0.15) is 10.4 Å². The highest BCUT2D eigenvalue weighted by Crippen LogP contribution is 2.31. The summed E-state index contributed by atoms with van der Waals surface area (Å²) in [5, 5.41) is 0. The van der Waals surface area contributed by atoms with Gasteiger partial charge in [-0.1, -0.05) is 0 Å². The second kappa shape index (κ2) is 4.62. The predicted molar refractivity (Wildman–Crippen MR) is 61.2 cm³/mol. The maximum atomic E-state index is 11.5. The Bertz CT molecular complexity index is 550. The molecular formula is C10H13NO5S. The van der Waals surface area contributed by atoms with Gasteiger partial charge in [0.2, 0.25) is 0 Å². The number of sulfone groups is 1. The SMILES string of the molecule is COc1cc(S(C)(=O)=O)c(OC)cc1C(N)=O. The van der Waals surface area contributed by atoms with E-state index in [1.807, 2.05) is 0 Å². The van der Waals surface area contributed by atoms with Crippen LogP contribution in [-0.2, 0) is 9.84 Å². The number of benzene rings is 1. The Balaban J connectivity index is 3.61. The van der Waals surface area contributed by atoms with Gasteiger partial charge in [-0.25, -0.2) is 8.42 Å². The minimum Gasteiger partial charge on any atom is -0.496 e. The molecule has 0 saturated heterocycles. The summed E-state index contributed by atoms with van der Waals surface area (Å²) in [5.74, 6) is -0.568. The smallest absolute Gasteiger partial charge is 0.252 e. The van der Waals surface area contributed by atoms with Crippen LogP contribution in [0.2, 0.25) is 0 Å². The van der Waals surface area contributed by atoms with Crippen molar-refractivity contribution in [3.8, 4) is 11.5 Å². The summed E-state index contributed by atoms with van der Waals surface area (Å²) in [6, 6.07) is 2.46. The topological polar surface area (TPSA) is 95.7 Å². The number of methoxy groups -OCH3 is 2. The first-order valence-electron chi connectivity index (χ1n) is 4.57. The molecule has 1 aromatic carbocycles. The molecular weight excluding hydrogens is 246 g/mol. The lowest BCUT2D eigenvalue weighted by Crippen LogP contribution is -2.14. The third-order valence-electron chi connectivity index (χ3n) is 2.15. The van der Waals surface area contributed by atoms with Crippen molar-refractivity contribution in [2.24, 2.45) is 5.73 Å². The van der Waals surface area contributed by atoms with Gasteiger partial charge in [-0.15, -0.1) is 0 Å². The molecule has 0 fully saturated rings. The highest BCUT2D eigenvalue weighted by Gasteiger charge is 2.20. The minimum absolute atomic E-state index is 0.0538. The number of amides is 1. The zero-order valence-corrected chi connectivity index (χ0v) is 10.5. The van der Waals surface area contributed by atoms with Crippen molar-refractivity contribution >= 4 is 15.7 Å². The average molecular weight is 259 g/mol. The van der Waals surface area contributed by atoms with E-state index in [0.717, 1.165) is 6.26 Å². The van der Waals surface area contributed by atoms with E-state index in [4.69, 9.17) is 15.2 Å². The summed E-state index contributed by atoms with van der Waals surface area (Å²) >= 11 is 0. The minimum atomic E-state index is -3.48. The Labute approximate surface area is 99.2 Å². The molecule has 0 atom stereocenters. The number of nitrogens with two attached hydrogens (primary N) is 1. The van der Waals surface area contributed by atoms with E-state index in [-0.39, 0.29) is 22.0 Å². The number of rotatable bonds is 4. The number of hydrogen-bond donors (Lipinski definition) is 1. The molecule has 94 valence electrons. The molecule has 0 spiro atoms. The molecule has 0 aliphatic carbocycles. The lowest BCUT2D eigenvalue weighted by atomic mass is 10.2. The van der Waals surface area contributed by atoms with Crippen molar-refractivity contribution in [2.45, 2.75) is 4.90 Å². The van der Waals surface area contributed by atoms with Crippen molar-refractivity contribution in [1.82, 2.24) is 0 Å². The van der Waals surface area contributed by atoms with E-state index in [2.05, 4.69) is 0 Å². The Morgan fingerprint density at radius 3 is 2.06 bits per heavy atom. The van der Waals surface area contributed by atoms with Gasteiger partial charge >= 0.3 is 0 Å². The van der Waals surface area contributed by atoms with E-state index in [1.165, 1.54) is 26.4 Å².